The van der Waals surface area contributed by atoms with E-state index in [1.807, 2.05) is 0 Å². The van der Waals surface area contributed by atoms with E-state index in [1.165, 1.54) is 6.20 Å². The van der Waals surface area contributed by atoms with Gasteiger partial charge in [0.05, 0.1) is 6.20 Å². The van der Waals surface area contributed by atoms with Crippen LogP contribution in [0.4, 0.5) is 4.39 Å². The minimum Gasteiger partial charge on any atom is -0.479 e. The van der Waals surface area contributed by atoms with Crippen LogP contribution in [-0.2, 0) is 4.79 Å². The van der Waals surface area contributed by atoms with Crippen molar-refractivity contribution >= 4 is 5.97 Å². The highest BCUT2D eigenvalue weighted by Crippen LogP contribution is 2.14. The number of carboxylic acids is 1. The first kappa shape index (κ1) is 8.61. The Kier molecular flexibility index (Phi) is 2.35. The second kappa shape index (κ2) is 3.27. The molecule has 1 unspecified atom stereocenters. The molecule has 0 saturated heterocycles. The Hall–Kier alpha value is -1.49. The molecule has 0 radical (unpaired) electrons. The van der Waals surface area contributed by atoms with E-state index in [9.17, 15) is 9.18 Å². The third-order valence-corrected chi connectivity index (χ3v) is 1.33. The van der Waals surface area contributed by atoms with Crippen molar-refractivity contribution in [2.75, 3.05) is 0 Å². The Bertz CT molecular complexity index is 302. The average molecular weight is 171 g/mol. The molecule has 1 aromatic heterocycles. The molecule has 1 rings (SSSR count). The molecular formula is C7H6FNO3. The number of aliphatic hydroxyl groups excluding tert-OH is 1. The average Bonchev–Trinajstić information content (AvgIpc) is 2.04. The van der Waals surface area contributed by atoms with Gasteiger partial charge in [-0.3, -0.25) is 4.98 Å². The lowest BCUT2D eigenvalue weighted by Gasteiger charge is -2.04. The fourth-order valence-electron chi connectivity index (χ4n) is 0.741. The summed E-state index contributed by atoms with van der Waals surface area (Å²) in [6.07, 6.45) is 0.236. The number of hydrogen-bond donors (Lipinski definition) is 2. The van der Waals surface area contributed by atoms with Crippen molar-refractivity contribution in [2.24, 2.45) is 0 Å². The molecule has 4 nitrogen and oxygen atoms in total. The lowest BCUT2D eigenvalue weighted by atomic mass is 10.1. The van der Waals surface area contributed by atoms with Crippen molar-refractivity contribution in [3.63, 3.8) is 0 Å². The fraction of sp³-hybridized carbons (Fsp3) is 0.143. The molecule has 0 fully saturated rings. The van der Waals surface area contributed by atoms with E-state index in [-0.39, 0.29) is 5.56 Å². The highest BCUT2D eigenvalue weighted by atomic mass is 19.1. The number of carbonyl (C=O) groups is 1. The molecule has 2 N–H and O–H groups in total. The molecule has 12 heavy (non-hydrogen) atoms. The maximum absolute atomic E-state index is 12.7. The number of pyridine rings is 1. The van der Waals surface area contributed by atoms with E-state index in [1.54, 1.807) is 0 Å². The number of aliphatic hydroxyl groups is 1. The van der Waals surface area contributed by atoms with Gasteiger partial charge in [-0.25, -0.2) is 9.18 Å². The molecule has 1 heterocycles. The summed E-state index contributed by atoms with van der Waals surface area (Å²) in [6.45, 7) is 0. The van der Waals surface area contributed by atoms with Gasteiger partial charge in [0.1, 0.15) is 5.82 Å². The summed E-state index contributed by atoms with van der Waals surface area (Å²) < 4.78 is 12.7. The van der Waals surface area contributed by atoms with E-state index in [0.29, 0.717) is 0 Å². The van der Waals surface area contributed by atoms with Gasteiger partial charge in [-0.2, -0.15) is 0 Å². The number of rotatable bonds is 2. The third-order valence-electron chi connectivity index (χ3n) is 1.33. The molecule has 0 aliphatic carbocycles. The molecule has 0 aromatic carbocycles. The lowest BCUT2D eigenvalue weighted by Crippen LogP contribution is -2.12. The van der Waals surface area contributed by atoms with Crippen LogP contribution in [-0.4, -0.2) is 21.2 Å². The summed E-state index contributed by atoms with van der Waals surface area (Å²) in [5, 5.41) is 17.2. The SMILES string of the molecule is O=C(O)C(O)c1ccncc1F. The number of halogens is 1. The van der Waals surface area contributed by atoms with Crippen molar-refractivity contribution in [3.8, 4) is 0 Å². The lowest BCUT2D eigenvalue weighted by molar-refractivity contribution is -0.147. The Balaban J connectivity index is 3.02. The van der Waals surface area contributed by atoms with Crippen LogP contribution >= 0.6 is 0 Å². The highest BCUT2D eigenvalue weighted by molar-refractivity contribution is 5.73. The molecule has 0 spiro atoms. The van der Waals surface area contributed by atoms with Crippen molar-refractivity contribution in [1.82, 2.24) is 4.98 Å². The summed E-state index contributed by atoms with van der Waals surface area (Å²) in [4.78, 5) is 13.6. The van der Waals surface area contributed by atoms with Crippen LogP contribution in [0.5, 0.6) is 0 Å². The maximum atomic E-state index is 12.7. The zero-order valence-electron chi connectivity index (χ0n) is 5.94. The Labute approximate surface area is 67.3 Å². The fourth-order valence-corrected chi connectivity index (χ4v) is 0.741. The van der Waals surface area contributed by atoms with Gasteiger partial charge in [0.15, 0.2) is 6.10 Å². The second-order valence-electron chi connectivity index (χ2n) is 2.14. The number of aliphatic carboxylic acids is 1. The molecule has 0 aliphatic rings. The Morgan fingerprint density at radius 3 is 2.83 bits per heavy atom. The molecule has 1 atom stereocenters. The second-order valence-corrected chi connectivity index (χ2v) is 2.14. The first-order chi connectivity index (χ1) is 5.63. The quantitative estimate of drug-likeness (QED) is 0.673. The standard InChI is InChI=1S/C7H6FNO3/c8-5-3-9-2-1-4(5)6(10)7(11)12/h1-3,6,10H,(H,11,12). The monoisotopic (exact) mass is 171 g/mol. The predicted molar refractivity (Wildman–Crippen MR) is 36.8 cm³/mol. The molecule has 0 bridgehead atoms. The Morgan fingerprint density at radius 1 is 1.67 bits per heavy atom. The predicted octanol–water partition coefficient (Wildman–Crippen LogP) is 0.339. The van der Waals surface area contributed by atoms with Gasteiger partial charge in [-0.15, -0.1) is 0 Å². The van der Waals surface area contributed by atoms with Gasteiger partial charge in [-0.1, -0.05) is 0 Å². The van der Waals surface area contributed by atoms with E-state index in [4.69, 9.17) is 10.2 Å². The number of nitrogens with zero attached hydrogens (tertiary/aromatic N) is 1. The minimum atomic E-state index is -1.83. The van der Waals surface area contributed by atoms with Crippen LogP contribution in [0.3, 0.4) is 0 Å². The molecule has 5 heteroatoms. The summed E-state index contributed by atoms with van der Waals surface area (Å²) in [7, 11) is 0. The molecule has 0 saturated carbocycles. The van der Waals surface area contributed by atoms with Crippen LogP contribution in [0, 0.1) is 5.82 Å². The van der Waals surface area contributed by atoms with Crippen LogP contribution in [0.2, 0.25) is 0 Å². The van der Waals surface area contributed by atoms with Gasteiger partial charge in [0, 0.05) is 11.8 Å². The van der Waals surface area contributed by atoms with Crippen LogP contribution in [0.15, 0.2) is 18.5 Å². The maximum Gasteiger partial charge on any atom is 0.337 e. The van der Waals surface area contributed by atoms with E-state index >= 15 is 0 Å². The first-order valence-electron chi connectivity index (χ1n) is 3.13. The summed E-state index contributed by atoms with van der Waals surface area (Å²) in [6, 6.07) is 1.12. The van der Waals surface area contributed by atoms with Crippen molar-refractivity contribution in [1.29, 1.82) is 0 Å². The highest BCUT2D eigenvalue weighted by Gasteiger charge is 2.19. The number of aromatic nitrogens is 1. The normalized spacial score (nSPS) is 12.5. The zero-order chi connectivity index (χ0) is 9.14. The smallest absolute Gasteiger partial charge is 0.337 e. The molecule has 64 valence electrons. The van der Waals surface area contributed by atoms with Crippen molar-refractivity contribution in [3.05, 3.63) is 29.8 Å². The molecule has 0 aliphatic heterocycles. The molecular weight excluding hydrogens is 165 g/mol. The third kappa shape index (κ3) is 1.57. The first-order valence-corrected chi connectivity index (χ1v) is 3.13. The number of carboxylic acid groups (broad SMARTS) is 1. The van der Waals surface area contributed by atoms with Crippen LogP contribution < -0.4 is 0 Å². The summed E-state index contributed by atoms with van der Waals surface area (Å²) in [5.74, 6) is -2.31. The topological polar surface area (TPSA) is 70.4 Å². The Morgan fingerprint density at radius 2 is 2.33 bits per heavy atom. The van der Waals surface area contributed by atoms with Gasteiger partial charge < -0.3 is 10.2 Å². The van der Waals surface area contributed by atoms with E-state index < -0.39 is 17.9 Å². The molecule has 1 aromatic rings. The molecule has 0 amide bonds. The minimum absolute atomic E-state index is 0.280. The zero-order valence-corrected chi connectivity index (χ0v) is 5.94. The summed E-state index contributed by atoms with van der Waals surface area (Å²) in [5.41, 5.74) is -0.280. The van der Waals surface area contributed by atoms with Gasteiger partial charge in [-0.05, 0) is 6.07 Å². The van der Waals surface area contributed by atoms with E-state index in [0.717, 1.165) is 12.3 Å². The number of hydrogen-bond acceptors (Lipinski definition) is 3. The van der Waals surface area contributed by atoms with E-state index in [2.05, 4.69) is 4.98 Å². The summed E-state index contributed by atoms with van der Waals surface area (Å²) >= 11 is 0. The largest absolute Gasteiger partial charge is 0.479 e. The van der Waals surface area contributed by atoms with Gasteiger partial charge >= 0.3 is 5.97 Å². The van der Waals surface area contributed by atoms with Gasteiger partial charge in [0.25, 0.3) is 0 Å². The van der Waals surface area contributed by atoms with Crippen LogP contribution in [0.25, 0.3) is 0 Å². The van der Waals surface area contributed by atoms with Crippen molar-refractivity contribution < 1.29 is 19.4 Å². The van der Waals surface area contributed by atoms with Crippen LogP contribution in [0.1, 0.15) is 11.7 Å². The van der Waals surface area contributed by atoms with Crippen molar-refractivity contribution in [2.45, 2.75) is 6.10 Å². The van der Waals surface area contributed by atoms with Gasteiger partial charge in [0.2, 0.25) is 0 Å².